The Bertz CT molecular complexity index is 519. The fraction of sp³-hybridized carbons (Fsp3) is 0.684. The van der Waals surface area contributed by atoms with E-state index in [0.717, 1.165) is 29.9 Å². The van der Waals surface area contributed by atoms with Gasteiger partial charge in [0.2, 0.25) is 5.91 Å². The standard InChI is InChI=1S/C19H26N2O/c1-13(17-4-2-3-5-20-17)21-18(22)12-19-9-14-6-15(10-19)8-16(7-14)11-19/h2-5,13-16H,6-12H2,1H3,(H,21,22)/t13-,14?,15?,16?,19?/m0/s1. The molecule has 22 heavy (non-hydrogen) atoms. The molecule has 118 valence electrons. The number of carbonyl (C=O) groups is 1. The number of nitrogens with zero attached hydrogens (tertiary/aromatic N) is 1. The molecule has 4 fully saturated rings. The smallest absolute Gasteiger partial charge is 0.221 e. The molecule has 0 aromatic carbocycles. The van der Waals surface area contributed by atoms with Crippen LogP contribution in [0.15, 0.2) is 24.4 Å². The zero-order valence-electron chi connectivity index (χ0n) is 13.4. The summed E-state index contributed by atoms with van der Waals surface area (Å²) in [5.74, 6) is 2.95. The van der Waals surface area contributed by atoms with Gasteiger partial charge in [0.15, 0.2) is 0 Å². The summed E-state index contributed by atoms with van der Waals surface area (Å²) in [5.41, 5.74) is 1.27. The molecule has 4 bridgehead atoms. The van der Waals surface area contributed by atoms with Gasteiger partial charge in [-0.25, -0.2) is 0 Å². The van der Waals surface area contributed by atoms with Crippen LogP contribution in [0.4, 0.5) is 0 Å². The van der Waals surface area contributed by atoms with Gasteiger partial charge in [0, 0.05) is 12.6 Å². The Kier molecular flexibility index (Phi) is 3.47. The summed E-state index contributed by atoms with van der Waals surface area (Å²) in [7, 11) is 0. The minimum Gasteiger partial charge on any atom is -0.348 e. The minimum atomic E-state index is 0.00242. The molecule has 5 rings (SSSR count). The lowest BCUT2D eigenvalue weighted by Gasteiger charge is -2.56. The number of aromatic nitrogens is 1. The van der Waals surface area contributed by atoms with Crippen molar-refractivity contribution in [1.29, 1.82) is 0 Å². The Balaban J connectivity index is 1.40. The third-order valence-corrected chi connectivity index (χ3v) is 6.21. The van der Waals surface area contributed by atoms with E-state index in [-0.39, 0.29) is 11.9 Å². The number of hydrogen-bond acceptors (Lipinski definition) is 2. The van der Waals surface area contributed by atoms with Gasteiger partial charge in [-0.1, -0.05) is 6.07 Å². The lowest BCUT2D eigenvalue weighted by atomic mass is 9.49. The first-order chi connectivity index (χ1) is 10.6. The van der Waals surface area contributed by atoms with Gasteiger partial charge in [-0.2, -0.15) is 0 Å². The topological polar surface area (TPSA) is 42.0 Å². The number of amides is 1. The van der Waals surface area contributed by atoms with Crippen LogP contribution in [0.1, 0.15) is 63.6 Å². The van der Waals surface area contributed by atoms with Crippen LogP contribution < -0.4 is 5.32 Å². The molecule has 0 aliphatic heterocycles. The van der Waals surface area contributed by atoms with Gasteiger partial charge >= 0.3 is 0 Å². The van der Waals surface area contributed by atoms with Crippen molar-refractivity contribution in [3.05, 3.63) is 30.1 Å². The highest BCUT2D eigenvalue weighted by Crippen LogP contribution is 2.61. The van der Waals surface area contributed by atoms with Gasteiger partial charge in [0.25, 0.3) is 0 Å². The summed E-state index contributed by atoms with van der Waals surface area (Å²) in [6.45, 7) is 2.03. The highest BCUT2D eigenvalue weighted by atomic mass is 16.1. The first-order valence-electron chi connectivity index (χ1n) is 8.82. The molecule has 4 aliphatic rings. The molecule has 1 heterocycles. The van der Waals surface area contributed by atoms with Gasteiger partial charge in [-0.15, -0.1) is 0 Å². The maximum Gasteiger partial charge on any atom is 0.221 e. The van der Waals surface area contributed by atoms with E-state index < -0.39 is 0 Å². The number of pyridine rings is 1. The molecule has 1 N–H and O–H groups in total. The third kappa shape index (κ3) is 2.66. The molecule has 1 aromatic rings. The zero-order chi connectivity index (χ0) is 15.2. The normalized spacial score (nSPS) is 37.0. The average molecular weight is 298 g/mol. The molecule has 3 nitrogen and oxygen atoms in total. The first kappa shape index (κ1) is 14.2. The Labute approximate surface area is 132 Å². The van der Waals surface area contributed by atoms with E-state index >= 15 is 0 Å². The number of carbonyl (C=O) groups excluding carboxylic acids is 1. The van der Waals surface area contributed by atoms with Crippen LogP contribution in [-0.4, -0.2) is 10.9 Å². The summed E-state index contributed by atoms with van der Waals surface area (Å²) < 4.78 is 0. The second-order valence-electron chi connectivity index (χ2n) is 8.14. The van der Waals surface area contributed by atoms with Gasteiger partial charge in [-0.3, -0.25) is 9.78 Å². The van der Waals surface area contributed by atoms with Crippen molar-refractivity contribution in [3.63, 3.8) is 0 Å². The summed E-state index contributed by atoms with van der Waals surface area (Å²) in [6.07, 6.45) is 10.7. The van der Waals surface area contributed by atoms with Gasteiger partial charge in [0.1, 0.15) is 0 Å². The minimum absolute atomic E-state index is 0.00242. The first-order valence-corrected chi connectivity index (χ1v) is 8.82. The Morgan fingerprint density at radius 2 is 1.86 bits per heavy atom. The van der Waals surface area contributed by atoms with E-state index in [4.69, 9.17) is 0 Å². The lowest BCUT2D eigenvalue weighted by Crippen LogP contribution is -2.48. The van der Waals surface area contributed by atoms with Crippen LogP contribution in [0.2, 0.25) is 0 Å². The van der Waals surface area contributed by atoms with E-state index in [1.807, 2.05) is 25.1 Å². The van der Waals surface area contributed by atoms with E-state index in [2.05, 4.69) is 10.3 Å². The second kappa shape index (κ2) is 5.36. The number of nitrogens with one attached hydrogen (secondary N) is 1. The molecule has 0 spiro atoms. The third-order valence-electron chi connectivity index (χ3n) is 6.21. The quantitative estimate of drug-likeness (QED) is 0.917. The average Bonchev–Trinajstić information content (AvgIpc) is 2.45. The van der Waals surface area contributed by atoms with E-state index in [9.17, 15) is 4.79 Å². The number of rotatable bonds is 4. The van der Waals surface area contributed by atoms with Crippen molar-refractivity contribution in [2.75, 3.05) is 0 Å². The molecule has 0 unspecified atom stereocenters. The molecule has 1 atom stereocenters. The Hall–Kier alpha value is -1.38. The Morgan fingerprint density at radius 1 is 1.23 bits per heavy atom. The van der Waals surface area contributed by atoms with Crippen LogP contribution in [0.5, 0.6) is 0 Å². The van der Waals surface area contributed by atoms with Crippen LogP contribution in [0, 0.1) is 23.2 Å². The SMILES string of the molecule is C[C@H](NC(=O)CC12CC3CC(CC(C3)C1)C2)c1ccccn1. The van der Waals surface area contributed by atoms with Crippen molar-refractivity contribution in [2.24, 2.45) is 23.2 Å². The molecule has 0 saturated heterocycles. The van der Waals surface area contributed by atoms with Crippen molar-refractivity contribution in [3.8, 4) is 0 Å². The van der Waals surface area contributed by atoms with E-state index in [1.165, 1.54) is 38.5 Å². The largest absolute Gasteiger partial charge is 0.348 e. The highest BCUT2D eigenvalue weighted by molar-refractivity contribution is 5.77. The maximum atomic E-state index is 12.6. The zero-order valence-corrected chi connectivity index (χ0v) is 13.4. The predicted octanol–water partition coefficient (Wildman–Crippen LogP) is 3.87. The molecule has 3 heteroatoms. The van der Waals surface area contributed by atoms with Crippen LogP contribution in [-0.2, 0) is 4.79 Å². The molecule has 1 aromatic heterocycles. The predicted molar refractivity (Wildman–Crippen MR) is 86.0 cm³/mol. The second-order valence-corrected chi connectivity index (χ2v) is 8.14. The van der Waals surface area contributed by atoms with Crippen molar-refractivity contribution in [1.82, 2.24) is 10.3 Å². The highest BCUT2D eigenvalue weighted by Gasteiger charge is 2.51. The van der Waals surface area contributed by atoms with Crippen LogP contribution >= 0.6 is 0 Å². The van der Waals surface area contributed by atoms with E-state index in [0.29, 0.717) is 5.41 Å². The van der Waals surface area contributed by atoms with Crippen LogP contribution in [0.25, 0.3) is 0 Å². The maximum absolute atomic E-state index is 12.6. The summed E-state index contributed by atoms with van der Waals surface area (Å²) >= 11 is 0. The van der Waals surface area contributed by atoms with Gasteiger partial charge in [-0.05, 0) is 80.8 Å². The van der Waals surface area contributed by atoms with Gasteiger partial charge < -0.3 is 5.32 Å². The molecule has 0 radical (unpaired) electrons. The summed E-state index contributed by atoms with van der Waals surface area (Å²) in [6, 6.07) is 5.87. The Morgan fingerprint density at radius 3 is 2.41 bits per heavy atom. The number of hydrogen-bond donors (Lipinski definition) is 1. The van der Waals surface area contributed by atoms with Gasteiger partial charge in [0.05, 0.1) is 11.7 Å². The fourth-order valence-corrected chi connectivity index (χ4v) is 5.85. The summed E-state index contributed by atoms with van der Waals surface area (Å²) in [4.78, 5) is 16.9. The molecular formula is C19H26N2O. The van der Waals surface area contributed by atoms with E-state index in [1.54, 1.807) is 6.20 Å². The molecular weight excluding hydrogens is 272 g/mol. The van der Waals surface area contributed by atoms with Crippen molar-refractivity contribution < 1.29 is 4.79 Å². The van der Waals surface area contributed by atoms with Crippen molar-refractivity contribution in [2.45, 2.75) is 57.9 Å². The molecule has 1 amide bonds. The molecule has 4 aliphatic carbocycles. The fourth-order valence-electron chi connectivity index (χ4n) is 5.85. The summed E-state index contributed by atoms with van der Waals surface area (Å²) in [5, 5.41) is 3.17. The van der Waals surface area contributed by atoms with Crippen LogP contribution in [0.3, 0.4) is 0 Å². The monoisotopic (exact) mass is 298 g/mol. The molecule has 4 saturated carbocycles. The van der Waals surface area contributed by atoms with Crippen molar-refractivity contribution >= 4 is 5.91 Å². The lowest BCUT2D eigenvalue weighted by molar-refractivity contribution is -0.130.